The van der Waals surface area contributed by atoms with Crippen molar-refractivity contribution in [1.29, 1.82) is 0 Å². The van der Waals surface area contributed by atoms with E-state index in [1.54, 1.807) is 0 Å². The molecule has 1 amide bonds. The number of likely N-dealkylation sites (N-methyl/N-ethyl adjacent to an activating group) is 1. The maximum Gasteiger partial charge on any atom is 0.472 e. The summed E-state index contributed by atoms with van der Waals surface area (Å²) >= 11 is 0. The number of carbonyl (C=O) groups excluding carboxylic acids is 1. The van der Waals surface area contributed by atoms with E-state index in [0.29, 0.717) is 23.9 Å². The Bertz CT molecular complexity index is 1260. The van der Waals surface area contributed by atoms with Crippen LogP contribution < -0.4 is 5.32 Å². The predicted molar refractivity (Wildman–Crippen MR) is 337 cm³/mol. The van der Waals surface area contributed by atoms with Crippen molar-refractivity contribution in [2.45, 2.75) is 379 Å². The van der Waals surface area contributed by atoms with Gasteiger partial charge in [-0.15, -0.1) is 0 Å². The molecule has 0 rings (SSSR count). The first-order valence-corrected chi connectivity index (χ1v) is 36.0. The second-order valence-corrected chi connectivity index (χ2v) is 26.7. The van der Waals surface area contributed by atoms with Gasteiger partial charge in [-0.05, 0) is 38.5 Å². The lowest BCUT2D eigenvalue weighted by atomic mass is 10.0. The summed E-state index contributed by atoms with van der Waals surface area (Å²) in [6, 6.07) is -0.757. The normalized spacial score (nSPS) is 13.7. The maximum atomic E-state index is 13.0. The molecule has 0 bridgehead atoms. The molecular weight excluding hydrogens is 972 g/mol. The molecule has 460 valence electrons. The molecule has 0 saturated carbocycles. The van der Waals surface area contributed by atoms with Gasteiger partial charge < -0.3 is 19.8 Å². The zero-order chi connectivity index (χ0) is 56.3. The first kappa shape index (κ1) is 76.2. The van der Waals surface area contributed by atoms with E-state index in [2.05, 4.69) is 31.3 Å². The monoisotopic (exact) mass is 1110 g/mol. The van der Waals surface area contributed by atoms with E-state index in [1.807, 2.05) is 21.1 Å². The van der Waals surface area contributed by atoms with E-state index in [4.69, 9.17) is 9.05 Å². The van der Waals surface area contributed by atoms with E-state index < -0.39 is 20.0 Å². The van der Waals surface area contributed by atoms with Crippen molar-refractivity contribution >= 4 is 13.7 Å². The molecule has 0 fully saturated rings. The van der Waals surface area contributed by atoms with E-state index in [9.17, 15) is 19.4 Å². The first-order chi connectivity index (χ1) is 37.5. The molecule has 0 spiro atoms. The van der Waals surface area contributed by atoms with Crippen molar-refractivity contribution in [3.05, 3.63) is 12.2 Å². The number of carbonyl (C=O) groups is 1. The molecule has 0 aromatic rings. The van der Waals surface area contributed by atoms with Gasteiger partial charge in [0.25, 0.3) is 0 Å². The predicted octanol–water partition coefficient (Wildman–Crippen LogP) is 21.7. The number of amides is 1. The van der Waals surface area contributed by atoms with Crippen molar-refractivity contribution in [2.24, 2.45) is 0 Å². The second kappa shape index (κ2) is 59.8. The SMILES string of the molecule is CCCCCCCCCCCCCCCCCCCC/C=C\CCCCCCCCCCCCCCCCCCCC(=O)NC(COP(=O)(O)OCC[N+](C)(C)C)C(O)CCCCCCCCCCCCCCCCCC. The second-order valence-electron chi connectivity index (χ2n) is 25.3. The molecule has 3 atom stereocenters. The lowest BCUT2D eigenvalue weighted by molar-refractivity contribution is -0.870. The molecule has 8 nitrogen and oxygen atoms in total. The highest BCUT2D eigenvalue weighted by molar-refractivity contribution is 7.47. The number of phosphoric ester groups is 1. The van der Waals surface area contributed by atoms with Gasteiger partial charge in [0.2, 0.25) is 5.91 Å². The fraction of sp³-hybridized carbons (Fsp3) is 0.956. The van der Waals surface area contributed by atoms with Crippen LogP contribution in [-0.4, -0.2) is 73.4 Å². The van der Waals surface area contributed by atoms with Crippen molar-refractivity contribution < 1.29 is 32.9 Å². The summed E-state index contributed by atoms with van der Waals surface area (Å²) in [6.45, 7) is 4.95. The fourth-order valence-electron chi connectivity index (χ4n) is 10.9. The van der Waals surface area contributed by atoms with Gasteiger partial charge in [0.1, 0.15) is 13.2 Å². The smallest absolute Gasteiger partial charge is 0.391 e. The van der Waals surface area contributed by atoms with Gasteiger partial charge in [-0.2, -0.15) is 0 Å². The van der Waals surface area contributed by atoms with Crippen LogP contribution in [0.4, 0.5) is 0 Å². The van der Waals surface area contributed by atoms with Crippen molar-refractivity contribution in [3.8, 4) is 0 Å². The number of aliphatic hydroxyl groups excluding tert-OH is 1. The summed E-state index contributed by atoms with van der Waals surface area (Å²) in [5, 5.41) is 14.1. The zero-order valence-corrected chi connectivity index (χ0v) is 53.6. The minimum atomic E-state index is -4.32. The van der Waals surface area contributed by atoms with E-state index >= 15 is 0 Å². The van der Waals surface area contributed by atoms with Gasteiger partial charge in [-0.3, -0.25) is 13.8 Å². The number of hydrogen-bond acceptors (Lipinski definition) is 5. The number of nitrogens with one attached hydrogen (secondary N) is 1. The lowest BCUT2D eigenvalue weighted by Crippen LogP contribution is -2.46. The fourth-order valence-corrected chi connectivity index (χ4v) is 11.6. The molecule has 0 aromatic carbocycles. The minimum Gasteiger partial charge on any atom is -0.391 e. The Morgan fingerprint density at radius 2 is 0.701 bits per heavy atom. The average molecular weight is 1110 g/mol. The molecule has 0 aliphatic rings. The third-order valence-corrected chi connectivity index (χ3v) is 17.2. The Labute approximate surface area is 482 Å². The Kier molecular flexibility index (Phi) is 59.3. The molecule has 0 saturated heterocycles. The van der Waals surface area contributed by atoms with Gasteiger partial charge in [0.05, 0.1) is 39.9 Å². The summed E-state index contributed by atoms with van der Waals surface area (Å²) in [6.07, 6.45) is 76.1. The first-order valence-electron chi connectivity index (χ1n) is 34.6. The molecule has 3 unspecified atom stereocenters. The van der Waals surface area contributed by atoms with Gasteiger partial charge in [0.15, 0.2) is 0 Å². The number of allylic oxidation sites excluding steroid dienone is 2. The maximum absolute atomic E-state index is 13.0. The largest absolute Gasteiger partial charge is 0.472 e. The van der Waals surface area contributed by atoms with Crippen LogP contribution >= 0.6 is 7.82 Å². The number of unbranched alkanes of at least 4 members (excludes halogenated alkanes) is 50. The van der Waals surface area contributed by atoms with Crippen LogP contribution in [0.1, 0.15) is 367 Å². The molecule has 77 heavy (non-hydrogen) atoms. The van der Waals surface area contributed by atoms with E-state index in [0.717, 1.165) is 38.5 Å². The van der Waals surface area contributed by atoms with Gasteiger partial charge in [-0.25, -0.2) is 4.57 Å². The van der Waals surface area contributed by atoms with Crippen LogP contribution in [0.25, 0.3) is 0 Å². The summed E-state index contributed by atoms with van der Waals surface area (Å²) in [5.41, 5.74) is 0. The Morgan fingerprint density at radius 3 is 1.00 bits per heavy atom. The van der Waals surface area contributed by atoms with Gasteiger partial charge >= 0.3 is 7.82 Å². The average Bonchev–Trinajstić information content (AvgIpc) is 3.39. The Hall–Kier alpha value is -0.760. The summed E-state index contributed by atoms with van der Waals surface area (Å²) in [4.78, 5) is 23.4. The van der Waals surface area contributed by atoms with Crippen LogP contribution in [0.15, 0.2) is 12.2 Å². The summed E-state index contributed by atoms with van der Waals surface area (Å²) in [7, 11) is 1.64. The Balaban J connectivity index is 3.86. The van der Waals surface area contributed by atoms with Crippen LogP contribution in [0.3, 0.4) is 0 Å². The van der Waals surface area contributed by atoms with E-state index in [-0.39, 0.29) is 19.1 Å². The number of nitrogens with zero attached hydrogens (tertiary/aromatic N) is 1. The third kappa shape index (κ3) is 62.7. The quantitative estimate of drug-likeness (QED) is 0.0243. The van der Waals surface area contributed by atoms with Crippen molar-refractivity contribution in [2.75, 3.05) is 40.9 Å². The molecular formula is C68H138N2O6P+. The van der Waals surface area contributed by atoms with Crippen LogP contribution in [0.2, 0.25) is 0 Å². The topological polar surface area (TPSA) is 105 Å². The molecule has 3 N–H and O–H groups in total. The molecule has 0 aromatic heterocycles. The number of phosphoric acid groups is 1. The van der Waals surface area contributed by atoms with Crippen LogP contribution in [0, 0.1) is 0 Å². The standard InChI is InChI=1S/C68H137N2O6P/c1-6-8-10-12-14-16-18-20-22-24-25-26-27-28-29-30-31-32-33-34-35-36-37-38-39-40-41-42-43-44-45-46-48-50-52-54-56-58-60-62-68(72)69-66(65-76-77(73,74)75-64-63-70(3,4)5)67(71)61-59-57-55-53-51-49-47-23-21-19-17-15-13-11-9-7-2/h34-35,66-67,71H,6-33,36-65H2,1-5H3,(H-,69,72,73,74)/p+1/b35-34-. The molecule has 0 heterocycles. The van der Waals surface area contributed by atoms with Crippen LogP contribution in [0.5, 0.6) is 0 Å². The summed E-state index contributed by atoms with van der Waals surface area (Å²) in [5.74, 6) is -0.137. The van der Waals surface area contributed by atoms with Crippen molar-refractivity contribution in [1.82, 2.24) is 5.32 Å². The molecule has 0 aliphatic carbocycles. The van der Waals surface area contributed by atoms with Crippen molar-refractivity contribution in [3.63, 3.8) is 0 Å². The molecule has 0 aliphatic heterocycles. The van der Waals surface area contributed by atoms with Gasteiger partial charge in [0, 0.05) is 6.42 Å². The highest BCUT2D eigenvalue weighted by Crippen LogP contribution is 2.43. The zero-order valence-electron chi connectivity index (χ0n) is 52.7. The Morgan fingerprint density at radius 1 is 0.429 bits per heavy atom. The third-order valence-electron chi connectivity index (χ3n) is 16.3. The highest BCUT2D eigenvalue weighted by Gasteiger charge is 2.28. The summed E-state index contributed by atoms with van der Waals surface area (Å²) < 4.78 is 23.8. The minimum absolute atomic E-state index is 0.0780. The number of rotatable bonds is 65. The lowest BCUT2D eigenvalue weighted by Gasteiger charge is -2.26. The highest BCUT2D eigenvalue weighted by atomic mass is 31.2. The van der Waals surface area contributed by atoms with Gasteiger partial charge in [-0.1, -0.05) is 334 Å². The number of quaternary nitrogens is 1. The molecule has 9 heteroatoms. The number of hydrogen-bond donors (Lipinski definition) is 3. The van der Waals surface area contributed by atoms with E-state index in [1.165, 1.54) is 302 Å². The number of aliphatic hydroxyl groups is 1. The molecule has 0 radical (unpaired) electrons. The van der Waals surface area contributed by atoms with Crippen LogP contribution in [-0.2, 0) is 18.4 Å².